The predicted octanol–water partition coefficient (Wildman–Crippen LogP) is 4.33. The molecule has 0 aliphatic carbocycles. The Labute approximate surface area is 174 Å². The fourth-order valence-corrected chi connectivity index (χ4v) is 3.79. The van der Waals surface area contributed by atoms with Crippen molar-refractivity contribution in [2.24, 2.45) is 5.10 Å². The molecule has 1 aliphatic heterocycles. The minimum Gasteiger partial charge on any atom is -0.497 e. The van der Waals surface area contributed by atoms with Crippen LogP contribution in [0.3, 0.4) is 0 Å². The zero-order valence-corrected chi connectivity index (χ0v) is 18.1. The number of nitrogens with zero attached hydrogens (tertiary/aromatic N) is 3. The molecular weight excluding hydrogens is 362 g/mol. The van der Waals surface area contributed by atoms with E-state index in [-0.39, 0.29) is 11.9 Å². The molecule has 0 unspecified atom stereocenters. The zero-order chi connectivity index (χ0) is 21.0. The summed E-state index contributed by atoms with van der Waals surface area (Å²) in [4.78, 5) is 15.3. The van der Waals surface area contributed by atoms with Gasteiger partial charge in [0.05, 0.1) is 25.4 Å². The number of hydrazone groups is 1. The smallest absolute Gasteiger partial charge is 0.257 e. The third-order valence-corrected chi connectivity index (χ3v) is 5.62. The Hall–Kier alpha value is -2.66. The van der Waals surface area contributed by atoms with E-state index in [2.05, 4.69) is 50.8 Å². The highest BCUT2D eigenvalue weighted by molar-refractivity contribution is 6.03. The number of hydrogen-bond donors (Lipinski definition) is 0. The van der Waals surface area contributed by atoms with Gasteiger partial charge in [0.25, 0.3) is 5.91 Å². The second-order valence-electron chi connectivity index (χ2n) is 7.56. The van der Waals surface area contributed by atoms with Crippen LogP contribution in [0.15, 0.2) is 47.6 Å². The molecule has 0 fully saturated rings. The van der Waals surface area contributed by atoms with Gasteiger partial charge in [-0.05, 0) is 50.2 Å². The summed E-state index contributed by atoms with van der Waals surface area (Å²) < 4.78 is 5.37. The molecule has 0 saturated heterocycles. The monoisotopic (exact) mass is 393 g/mol. The Morgan fingerprint density at radius 2 is 1.93 bits per heavy atom. The highest BCUT2D eigenvalue weighted by atomic mass is 16.5. The number of ether oxygens (including phenoxy) is 1. The summed E-state index contributed by atoms with van der Waals surface area (Å²) in [5, 5.41) is 6.51. The van der Waals surface area contributed by atoms with E-state index >= 15 is 0 Å². The molecule has 0 N–H and O–H groups in total. The number of likely N-dealkylation sites (N-methyl/N-ethyl adjacent to an activating group) is 1. The Bertz CT molecular complexity index is 903. The number of hydrogen-bond acceptors (Lipinski definition) is 4. The van der Waals surface area contributed by atoms with Crippen LogP contribution >= 0.6 is 0 Å². The lowest BCUT2D eigenvalue weighted by Crippen LogP contribution is -2.38. The molecule has 1 amide bonds. The molecule has 2 aromatic rings. The minimum atomic E-state index is -0.0841. The first-order chi connectivity index (χ1) is 14.0. The van der Waals surface area contributed by atoms with Gasteiger partial charge in [-0.3, -0.25) is 9.69 Å². The topological polar surface area (TPSA) is 45.1 Å². The molecule has 0 bridgehead atoms. The average Bonchev–Trinajstić information content (AvgIpc) is 3.19. The molecule has 3 rings (SSSR count). The van der Waals surface area contributed by atoms with Crippen molar-refractivity contribution in [1.29, 1.82) is 0 Å². The normalized spacial score (nSPS) is 16.3. The van der Waals surface area contributed by atoms with Crippen LogP contribution in [-0.2, 0) is 4.79 Å². The highest BCUT2D eigenvalue weighted by Gasteiger charge is 2.34. The van der Waals surface area contributed by atoms with E-state index in [1.807, 2.05) is 24.3 Å². The van der Waals surface area contributed by atoms with Crippen molar-refractivity contribution in [3.63, 3.8) is 0 Å². The first-order valence-electron chi connectivity index (χ1n) is 10.3. The van der Waals surface area contributed by atoms with Gasteiger partial charge in [0.1, 0.15) is 5.75 Å². The van der Waals surface area contributed by atoms with E-state index in [0.29, 0.717) is 13.0 Å². The van der Waals surface area contributed by atoms with Gasteiger partial charge in [0.15, 0.2) is 0 Å². The maximum Gasteiger partial charge on any atom is 0.257 e. The van der Waals surface area contributed by atoms with Crippen LogP contribution in [-0.4, -0.2) is 48.3 Å². The molecule has 5 nitrogen and oxygen atoms in total. The molecular formula is C24H31N3O2. The van der Waals surface area contributed by atoms with Gasteiger partial charge in [-0.15, -0.1) is 0 Å². The number of carbonyl (C=O) groups excluding carboxylic acids is 1. The van der Waals surface area contributed by atoms with Crippen molar-refractivity contribution in [2.45, 2.75) is 40.2 Å². The number of carbonyl (C=O) groups is 1. The lowest BCUT2D eigenvalue weighted by Gasteiger charge is -2.26. The van der Waals surface area contributed by atoms with Gasteiger partial charge < -0.3 is 4.74 Å². The summed E-state index contributed by atoms with van der Waals surface area (Å²) >= 11 is 0. The standard InChI is InChI=1S/C24H31N3O2/c1-6-26(7-2)16-24(28)27-23(21-13-17(3)11-12-18(21)4)15-22(25-27)19-9-8-10-20(14-19)29-5/h8-14,23H,6-7,15-16H2,1-5H3/t23-/m0/s1. The fraction of sp³-hybridized carbons (Fsp3) is 0.417. The summed E-state index contributed by atoms with van der Waals surface area (Å²) in [6.45, 7) is 10.4. The number of amides is 1. The van der Waals surface area contributed by atoms with E-state index in [1.165, 1.54) is 16.7 Å². The maximum absolute atomic E-state index is 13.2. The van der Waals surface area contributed by atoms with Gasteiger partial charge in [0, 0.05) is 12.0 Å². The molecule has 2 aromatic carbocycles. The second kappa shape index (κ2) is 9.23. The van der Waals surface area contributed by atoms with E-state index in [1.54, 1.807) is 12.1 Å². The van der Waals surface area contributed by atoms with Gasteiger partial charge in [0.2, 0.25) is 0 Å². The van der Waals surface area contributed by atoms with Gasteiger partial charge in [-0.2, -0.15) is 5.10 Å². The Balaban J connectivity index is 1.98. The largest absolute Gasteiger partial charge is 0.497 e. The molecule has 154 valence electrons. The van der Waals surface area contributed by atoms with Gasteiger partial charge in [-0.1, -0.05) is 49.7 Å². The molecule has 5 heteroatoms. The third-order valence-electron chi connectivity index (χ3n) is 5.62. The zero-order valence-electron chi connectivity index (χ0n) is 18.1. The summed E-state index contributed by atoms with van der Waals surface area (Å²) in [6.07, 6.45) is 0.696. The Morgan fingerprint density at radius 3 is 2.62 bits per heavy atom. The first-order valence-corrected chi connectivity index (χ1v) is 10.3. The lowest BCUT2D eigenvalue weighted by molar-refractivity contribution is -0.134. The van der Waals surface area contributed by atoms with Gasteiger partial charge >= 0.3 is 0 Å². The molecule has 29 heavy (non-hydrogen) atoms. The number of benzene rings is 2. The van der Waals surface area contributed by atoms with Crippen molar-refractivity contribution in [3.8, 4) is 5.75 Å². The van der Waals surface area contributed by atoms with Gasteiger partial charge in [-0.25, -0.2) is 5.01 Å². The molecule has 1 aliphatic rings. The Kier molecular flexibility index (Phi) is 6.70. The van der Waals surface area contributed by atoms with Crippen LogP contribution < -0.4 is 4.74 Å². The summed E-state index contributed by atoms with van der Waals surface area (Å²) in [7, 11) is 1.66. The number of methoxy groups -OCH3 is 1. The molecule has 0 spiro atoms. The highest BCUT2D eigenvalue weighted by Crippen LogP contribution is 2.35. The second-order valence-corrected chi connectivity index (χ2v) is 7.56. The SMILES string of the molecule is CCN(CC)CC(=O)N1N=C(c2cccc(OC)c2)C[C@H]1c1cc(C)ccc1C. The molecule has 1 atom stereocenters. The third kappa shape index (κ3) is 4.67. The number of aryl methyl sites for hydroxylation is 2. The van der Waals surface area contributed by atoms with E-state index < -0.39 is 0 Å². The van der Waals surface area contributed by atoms with Crippen molar-refractivity contribution >= 4 is 11.6 Å². The van der Waals surface area contributed by atoms with Crippen LogP contribution in [0.1, 0.15) is 48.6 Å². The fourth-order valence-electron chi connectivity index (χ4n) is 3.79. The molecule has 1 heterocycles. The van der Waals surface area contributed by atoms with E-state index in [0.717, 1.165) is 30.1 Å². The first kappa shape index (κ1) is 21.1. The molecule has 0 radical (unpaired) electrons. The molecule has 0 saturated carbocycles. The predicted molar refractivity (Wildman–Crippen MR) is 117 cm³/mol. The van der Waals surface area contributed by atoms with Crippen LogP contribution in [0.2, 0.25) is 0 Å². The van der Waals surface area contributed by atoms with Crippen molar-refractivity contribution in [3.05, 3.63) is 64.7 Å². The minimum absolute atomic E-state index is 0.0394. The quantitative estimate of drug-likeness (QED) is 0.703. The lowest BCUT2D eigenvalue weighted by atomic mass is 9.94. The summed E-state index contributed by atoms with van der Waals surface area (Å²) in [6, 6.07) is 14.2. The van der Waals surface area contributed by atoms with Crippen molar-refractivity contribution in [1.82, 2.24) is 9.91 Å². The summed E-state index contributed by atoms with van der Waals surface area (Å²) in [5.74, 6) is 0.832. The summed E-state index contributed by atoms with van der Waals surface area (Å²) in [5.41, 5.74) is 5.46. The van der Waals surface area contributed by atoms with Crippen LogP contribution in [0, 0.1) is 13.8 Å². The van der Waals surface area contributed by atoms with Crippen LogP contribution in [0.4, 0.5) is 0 Å². The van der Waals surface area contributed by atoms with Crippen molar-refractivity contribution in [2.75, 3.05) is 26.7 Å². The maximum atomic E-state index is 13.2. The average molecular weight is 394 g/mol. The van der Waals surface area contributed by atoms with E-state index in [9.17, 15) is 4.79 Å². The van der Waals surface area contributed by atoms with Crippen LogP contribution in [0.5, 0.6) is 5.75 Å². The Morgan fingerprint density at radius 1 is 1.17 bits per heavy atom. The molecule has 0 aromatic heterocycles. The van der Waals surface area contributed by atoms with E-state index in [4.69, 9.17) is 9.84 Å². The van der Waals surface area contributed by atoms with Crippen LogP contribution in [0.25, 0.3) is 0 Å². The van der Waals surface area contributed by atoms with Crippen molar-refractivity contribution < 1.29 is 9.53 Å². The number of rotatable bonds is 7.